The highest BCUT2D eigenvalue weighted by Gasteiger charge is 2.33. The van der Waals surface area contributed by atoms with Gasteiger partial charge in [-0.3, -0.25) is 0 Å². The van der Waals surface area contributed by atoms with Gasteiger partial charge >= 0.3 is 6.18 Å². The van der Waals surface area contributed by atoms with E-state index in [0.29, 0.717) is 17.0 Å². The first kappa shape index (κ1) is 13.9. The molecule has 1 aromatic heterocycles. The van der Waals surface area contributed by atoms with E-state index >= 15 is 0 Å². The van der Waals surface area contributed by atoms with E-state index in [1.165, 1.54) is 25.4 Å². The van der Waals surface area contributed by atoms with E-state index in [4.69, 9.17) is 10.00 Å². The van der Waals surface area contributed by atoms with Crippen molar-refractivity contribution in [3.63, 3.8) is 0 Å². The zero-order valence-corrected chi connectivity index (χ0v) is 10.4. The Kier molecular flexibility index (Phi) is 3.61. The first-order valence-corrected chi connectivity index (χ1v) is 5.57. The number of rotatable bonds is 2. The van der Waals surface area contributed by atoms with Crippen LogP contribution in [0.15, 0.2) is 36.5 Å². The van der Waals surface area contributed by atoms with Crippen molar-refractivity contribution in [2.75, 3.05) is 7.11 Å². The molecular weight excluding hydrogens is 269 g/mol. The second kappa shape index (κ2) is 5.21. The summed E-state index contributed by atoms with van der Waals surface area (Å²) in [5.41, 5.74) is -0.253. The molecule has 0 aliphatic carbocycles. The summed E-state index contributed by atoms with van der Waals surface area (Å²) in [5.74, 6) is 0.404. The molecular formula is C14H9F3N2O. The molecule has 0 unspecified atom stereocenters. The van der Waals surface area contributed by atoms with Crippen LogP contribution in [-0.4, -0.2) is 12.1 Å². The van der Waals surface area contributed by atoms with Crippen LogP contribution in [0.1, 0.15) is 11.1 Å². The number of alkyl halides is 3. The van der Waals surface area contributed by atoms with Crippen LogP contribution in [0.2, 0.25) is 0 Å². The van der Waals surface area contributed by atoms with Gasteiger partial charge in [-0.2, -0.15) is 18.4 Å². The third kappa shape index (κ3) is 2.72. The molecule has 2 rings (SSSR count). The lowest BCUT2D eigenvalue weighted by Crippen LogP contribution is -2.07. The number of methoxy groups -OCH3 is 1. The molecule has 0 aliphatic heterocycles. The van der Waals surface area contributed by atoms with Crippen LogP contribution < -0.4 is 4.74 Å². The van der Waals surface area contributed by atoms with E-state index in [0.717, 1.165) is 6.07 Å². The molecule has 0 saturated carbocycles. The minimum atomic E-state index is -4.54. The van der Waals surface area contributed by atoms with Crippen molar-refractivity contribution >= 4 is 0 Å². The highest BCUT2D eigenvalue weighted by atomic mass is 19.4. The second-order valence-electron chi connectivity index (χ2n) is 3.96. The maximum Gasteiger partial charge on any atom is 0.417 e. The Bertz CT molecular complexity index is 658. The smallest absolute Gasteiger partial charge is 0.417 e. The number of hydrogen-bond donors (Lipinski definition) is 0. The third-order valence-electron chi connectivity index (χ3n) is 2.72. The minimum absolute atomic E-state index is 0.404. The SMILES string of the molecule is COc1ccc(-c2ccc(C(F)(F)F)c(C#N)c2)cn1. The molecule has 0 spiro atoms. The first-order chi connectivity index (χ1) is 9.45. The predicted octanol–water partition coefficient (Wildman–Crippen LogP) is 3.65. The molecule has 0 amide bonds. The predicted molar refractivity (Wildman–Crippen MR) is 65.9 cm³/mol. The summed E-state index contributed by atoms with van der Waals surface area (Å²) in [6.45, 7) is 0. The topological polar surface area (TPSA) is 45.9 Å². The molecule has 6 heteroatoms. The standard InChI is InChI=1S/C14H9F3N2O/c1-20-13-5-3-10(8-19-13)9-2-4-12(14(15,16)17)11(6-9)7-18/h2-6,8H,1H3. The Morgan fingerprint density at radius 3 is 2.35 bits per heavy atom. The quantitative estimate of drug-likeness (QED) is 0.842. The molecule has 0 N–H and O–H groups in total. The van der Waals surface area contributed by atoms with Crippen LogP contribution in [-0.2, 0) is 6.18 Å². The van der Waals surface area contributed by atoms with E-state index in [9.17, 15) is 13.2 Å². The van der Waals surface area contributed by atoms with Gasteiger partial charge in [-0.1, -0.05) is 6.07 Å². The van der Waals surface area contributed by atoms with Gasteiger partial charge in [0.15, 0.2) is 0 Å². The summed E-state index contributed by atoms with van der Waals surface area (Å²) in [6.07, 6.45) is -3.07. The zero-order valence-electron chi connectivity index (χ0n) is 10.4. The Balaban J connectivity index is 2.46. The average molecular weight is 278 g/mol. The molecule has 2 aromatic rings. The summed E-state index contributed by atoms with van der Waals surface area (Å²) in [4.78, 5) is 3.97. The summed E-state index contributed by atoms with van der Waals surface area (Å²) in [6, 6.07) is 8.24. The number of aromatic nitrogens is 1. The normalized spacial score (nSPS) is 10.9. The van der Waals surface area contributed by atoms with Gasteiger partial charge in [0.2, 0.25) is 5.88 Å². The Labute approximate surface area is 113 Å². The van der Waals surface area contributed by atoms with Gasteiger partial charge < -0.3 is 4.74 Å². The number of nitriles is 1. The molecule has 0 atom stereocenters. The maximum absolute atomic E-state index is 12.7. The fourth-order valence-electron chi connectivity index (χ4n) is 1.74. The molecule has 1 heterocycles. The number of benzene rings is 1. The molecule has 0 fully saturated rings. The van der Waals surface area contributed by atoms with Crippen LogP contribution in [0, 0.1) is 11.3 Å². The highest BCUT2D eigenvalue weighted by molar-refractivity contribution is 5.66. The van der Waals surface area contributed by atoms with Crippen LogP contribution >= 0.6 is 0 Å². The summed E-state index contributed by atoms with van der Waals surface area (Å²) < 4.78 is 43.0. The third-order valence-corrected chi connectivity index (χ3v) is 2.72. The zero-order chi connectivity index (χ0) is 14.8. The second-order valence-corrected chi connectivity index (χ2v) is 3.96. The first-order valence-electron chi connectivity index (χ1n) is 5.57. The van der Waals surface area contributed by atoms with E-state index in [1.807, 2.05) is 0 Å². The molecule has 3 nitrogen and oxygen atoms in total. The van der Waals surface area contributed by atoms with E-state index in [1.54, 1.807) is 18.2 Å². The van der Waals surface area contributed by atoms with Crippen molar-refractivity contribution < 1.29 is 17.9 Å². The number of nitrogens with zero attached hydrogens (tertiary/aromatic N) is 2. The maximum atomic E-state index is 12.7. The van der Waals surface area contributed by atoms with Gasteiger partial charge in [-0.25, -0.2) is 4.98 Å². The summed E-state index contributed by atoms with van der Waals surface area (Å²) in [7, 11) is 1.47. The van der Waals surface area contributed by atoms with Crippen LogP contribution in [0.5, 0.6) is 5.88 Å². The number of pyridine rings is 1. The minimum Gasteiger partial charge on any atom is -0.481 e. The van der Waals surface area contributed by atoms with Crippen molar-refractivity contribution in [2.45, 2.75) is 6.18 Å². The van der Waals surface area contributed by atoms with Crippen molar-refractivity contribution in [1.29, 1.82) is 5.26 Å². The Morgan fingerprint density at radius 2 is 1.85 bits per heavy atom. The van der Waals surface area contributed by atoms with Gasteiger partial charge in [0.1, 0.15) is 0 Å². The lowest BCUT2D eigenvalue weighted by atomic mass is 10.0. The Morgan fingerprint density at radius 1 is 1.15 bits per heavy atom. The van der Waals surface area contributed by atoms with Crippen molar-refractivity contribution in [1.82, 2.24) is 4.98 Å². The molecule has 0 saturated heterocycles. The summed E-state index contributed by atoms with van der Waals surface area (Å²) in [5, 5.41) is 8.85. The number of ether oxygens (including phenoxy) is 1. The number of halogens is 3. The Hall–Kier alpha value is -2.55. The lowest BCUT2D eigenvalue weighted by Gasteiger charge is -2.10. The van der Waals surface area contributed by atoms with E-state index in [2.05, 4.69) is 4.98 Å². The van der Waals surface area contributed by atoms with Gasteiger partial charge in [-0.15, -0.1) is 0 Å². The molecule has 0 aliphatic rings. The molecule has 1 aromatic carbocycles. The van der Waals surface area contributed by atoms with Crippen LogP contribution in [0.3, 0.4) is 0 Å². The highest BCUT2D eigenvalue weighted by Crippen LogP contribution is 2.34. The van der Waals surface area contributed by atoms with Crippen molar-refractivity contribution in [3.05, 3.63) is 47.7 Å². The van der Waals surface area contributed by atoms with Gasteiger partial charge in [0.05, 0.1) is 24.3 Å². The largest absolute Gasteiger partial charge is 0.481 e. The van der Waals surface area contributed by atoms with Crippen LogP contribution in [0.4, 0.5) is 13.2 Å². The molecule has 0 radical (unpaired) electrons. The van der Waals surface area contributed by atoms with Crippen molar-refractivity contribution in [2.24, 2.45) is 0 Å². The van der Waals surface area contributed by atoms with Gasteiger partial charge in [0, 0.05) is 17.8 Å². The molecule has 20 heavy (non-hydrogen) atoms. The molecule has 102 valence electrons. The fraction of sp³-hybridized carbons (Fsp3) is 0.143. The van der Waals surface area contributed by atoms with Crippen molar-refractivity contribution in [3.8, 4) is 23.1 Å². The lowest BCUT2D eigenvalue weighted by molar-refractivity contribution is -0.137. The van der Waals surface area contributed by atoms with E-state index < -0.39 is 17.3 Å². The van der Waals surface area contributed by atoms with Crippen LogP contribution in [0.25, 0.3) is 11.1 Å². The summed E-state index contributed by atoms with van der Waals surface area (Å²) >= 11 is 0. The van der Waals surface area contributed by atoms with Gasteiger partial charge in [0.25, 0.3) is 0 Å². The number of hydrogen-bond acceptors (Lipinski definition) is 3. The fourth-order valence-corrected chi connectivity index (χ4v) is 1.74. The molecule has 0 bridgehead atoms. The average Bonchev–Trinajstić information content (AvgIpc) is 2.45. The van der Waals surface area contributed by atoms with E-state index in [-0.39, 0.29) is 0 Å². The van der Waals surface area contributed by atoms with Gasteiger partial charge in [-0.05, 0) is 23.8 Å². The monoisotopic (exact) mass is 278 g/mol.